The lowest BCUT2D eigenvalue weighted by Crippen LogP contribution is -2.38. The second-order valence-electron chi connectivity index (χ2n) is 6.25. The van der Waals surface area contributed by atoms with Crippen molar-refractivity contribution in [1.29, 1.82) is 0 Å². The summed E-state index contributed by atoms with van der Waals surface area (Å²) in [6.45, 7) is 3.44. The van der Waals surface area contributed by atoms with Crippen LogP contribution < -0.4 is 5.73 Å². The zero-order chi connectivity index (χ0) is 14.3. The average Bonchev–Trinajstić information content (AvgIpc) is 2.86. The highest BCUT2D eigenvalue weighted by molar-refractivity contribution is 5.97. The molecule has 5 heteroatoms. The highest BCUT2D eigenvalue weighted by atomic mass is 35.5. The first-order valence-corrected chi connectivity index (χ1v) is 7.40. The Kier molecular flexibility index (Phi) is 4.79. The van der Waals surface area contributed by atoms with Crippen LogP contribution in [0.2, 0.25) is 0 Å². The number of benzene rings is 1. The van der Waals surface area contributed by atoms with Gasteiger partial charge in [-0.3, -0.25) is 4.79 Å². The molecule has 1 saturated carbocycles. The van der Waals surface area contributed by atoms with Gasteiger partial charge in [-0.05, 0) is 43.7 Å². The quantitative estimate of drug-likeness (QED) is 0.836. The third kappa shape index (κ3) is 3.01. The van der Waals surface area contributed by atoms with Gasteiger partial charge in [0.2, 0.25) is 0 Å². The molecule has 1 aliphatic heterocycles. The summed E-state index contributed by atoms with van der Waals surface area (Å²) in [6.07, 6.45) is 3.40. The van der Waals surface area contributed by atoms with E-state index in [-0.39, 0.29) is 30.1 Å². The molecule has 21 heavy (non-hydrogen) atoms. The predicted molar refractivity (Wildman–Crippen MR) is 84.8 cm³/mol. The number of nitrogens with two attached hydrogens (primary N) is 1. The molecule has 4 nitrogen and oxygen atoms in total. The Morgan fingerprint density at radius 2 is 2.10 bits per heavy atom. The SMILES string of the molecule is Cc1ccc(O)c(C(=O)N2CC3CCCC(N)C3C2)c1.Cl. The molecule has 1 saturated heterocycles. The lowest BCUT2D eigenvalue weighted by molar-refractivity contribution is 0.0780. The number of hydrogen-bond acceptors (Lipinski definition) is 3. The molecule has 3 atom stereocenters. The summed E-state index contributed by atoms with van der Waals surface area (Å²) >= 11 is 0. The number of hydrogen-bond donors (Lipinski definition) is 2. The molecule has 1 aromatic rings. The van der Waals surface area contributed by atoms with Gasteiger partial charge in [-0.25, -0.2) is 0 Å². The highest BCUT2D eigenvalue weighted by Crippen LogP contribution is 2.36. The van der Waals surface area contributed by atoms with Gasteiger partial charge in [0.25, 0.3) is 5.91 Å². The van der Waals surface area contributed by atoms with Gasteiger partial charge in [-0.15, -0.1) is 12.4 Å². The molecule has 116 valence electrons. The van der Waals surface area contributed by atoms with Gasteiger partial charge in [-0.2, -0.15) is 0 Å². The molecule has 1 amide bonds. The van der Waals surface area contributed by atoms with Gasteiger partial charge >= 0.3 is 0 Å². The molecule has 3 unspecified atom stereocenters. The molecule has 0 spiro atoms. The van der Waals surface area contributed by atoms with Gasteiger partial charge in [0.1, 0.15) is 5.75 Å². The summed E-state index contributed by atoms with van der Waals surface area (Å²) in [5.41, 5.74) is 7.59. The van der Waals surface area contributed by atoms with Crippen molar-refractivity contribution >= 4 is 18.3 Å². The van der Waals surface area contributed by atoms with Crippen LogP contribution in [0, 0.1) is 18.8 Å². The Hall–Kier alpha value is -1.26. The molecule has 3 N–H and O–H groups in total. The highest BCUT2D eigenvalue weighted by Gasteiger charge is 2.40. The fraction of sp³-hybridized carbons (Fsp3) is 0.562. The number of phenolic OH excluding ortho intramolecular Hbond substituents is 1. The lowest BCUT2D eigenvalue weighted by atomic mass is 9.78. The molecule has 0 bridgehead atoms. The van der Waals surface area contributed by atoms with E-state index in [0.717, 1.165) is 25.1 Å². The van der Waals surface area contributed by atoms with Gasteiger partial charge in [0, 0.05) is 19.1 Å². The van der Waals surface area contributed by atoms with Gasteiger partial charge < -0.3 is 15.7 Å². The van der Waals surface area contributed by atoms with Crippen molar-refractivity contribution in [2.75, 3.05) is 13.1 Å². The van der Waals surface area contributed by atoms with Crippen LogP contribution in [0.4, 0.5) is 0 Å². The second-order valence-corrected chi connectivity index (χ2v) is 6.25. The van der Waals surface area contributed by atoms with Crippen LogP contribution in [0.15, 0.2) is 18.2 Å². The Balaban J connectivity index is 0.00000161. The van der Waals surface area contributed by atoms with Gasteiger partial charge in [0.15, 0.2) is 0 Å². The number of aromatic hydroxyl groups is 1. The van der Waals surface area contributed by atoms with E-state index in [0.29, 0.717) is 17.4 Å². The van der Waals surface area contributed by atoms with Crippen molar-refractivity contribution in [1.82, 2.24) is 4.90 Å². The summed E-state index contributed by atoms with van der Waals surface area (Å²) in [4.78, 5) is 14.5. The molecule has 0 aromatic heterocycles. The Morgan fingerprint density at radius 3 is 2.81 bits per heavy atom. The third-order valence-electron chi connectivity index (χ3n) is 4.82. The van der Waals surface area contributed by atoms with E-state index >= 15 is 0 Å². The van der Waals surface area contributed by atoms with Crippen LogP contribution in [-0.2, 0) is 0 Å². The molecule has 0 radical (unpaired) electrons. The van der Waals surface area contributed by atoms with E-state index in [4.69, 9.17) is 5.73 Å². The zero-order valence-electron chi connectivity index (χ0n) is 12.3. The number of likely N-dealkylation sites (tertiary alicyclic amines) is 1. The van der Waals surface area contributed by atoms with Crippen molar-refractivity contribution in [3.05, 3.63) is 29.3 Å². The fourth-order valence-corrected chi connectivity index (χ4v) is 3.67. The van der Waals surface area contributed by atoms with Crippen molar-refractivity contribution < 1.29 is 9.90 Å². The third-order valence-corrected chi connectivity index (χ3v) is 4.82. The normalized spacial score (nSPS) is 27.9. The van der Waals surface area contributed by atoms with Gasteiger partial charge in [-0.1, -0.05) is 18.1 Å². The number of rotatable bonds is 1. The molecule has 3 rings (SSSR count). The Morgan fingerprint density at radius 1 is 1.33 bits per heavy atom. The zero-order valence-corrected chi connectivity index (χ0v) is 13.1. The number of nitrogens with zero attached hydrogens (tertiary/aromatic N) is 1. The average molecular weight is 311 g/mol. The summed E-state index contributed by atoms with van der Waals surface area (Å²) < 4.78 is 0. The van der Waals surface area contributed by atoms with Crippen LogP contribution in [0.25, 0.3) is 0 Å². The first kappa shape index (κ1) is 16.1. The van der Waals surface area contributed by atoms with Crippen LogP contribution in [0.3, 0.4) is 0 Å². The van der Waals surface area contributed by atoms with Crippen LogP contribution >= 0.6 is 12.4 Å². The number of aryl methyl sites for hydroxylation is 1. The minimum absolute atomic E-state index is 0. The fourth-order valence-electron chi connectivity index (χ4n) is 3.67. The number of fused-ring (bicyclic) bond motifs is 1. The molecule has 2 fully saturated rings. The predicted octanol–water partition coefficient (Wildman–Crippen LogP) is 2.32. The maximum absolute atomic E-state index is 12.6. The molecular formula is C16H23ClN2O2. The second kappa shape index (κ2) is 6.24. The van der Waals surface area contributed by atoms with Crippen molar-refractivity contribution in [2.24, 2.45) is 17.6 Å². The smallest absolute Gasteiger partial charge is 0.257 e. The lowest BCUT2D eigenvalue weighted by Gasteiger charge is -2.29. The van der Waals surface area contributed by atoms with Crippen LogP contribution in [0.5, 0.6) is 5.75 Å². The minimum Gasteiger partial charge on any atom is -0.507 e. The maximum atomic E-state index is 12.6. The minimum atomic E-state index is -0.0622. The van der Waals surface area contributed by atoms with E-state index in [1.165, 1.54) is 12.8 Å². The Bertz CT molecular complexity index is 535. The van der Waals surface area contributed by atoms with Crippen LogP contribution in [0.1, 0.15) is 35.2 Å². The van der Waals surface area contributed by atoms with E-state index in [1.807, 2.05) is 17.9 Å². The van der Waals surface area contributed by atoms with Crippen LogP contribution in [-0.4, -0.2) is 35.0 Å². The topological polar surface area (TPSA) is 66.6 Å². The number of carbonyl (C=O) groups is 1. The summed E-state index contributed by atoms with van der Waals surface area (Å²) in [5, 5.41) is 9.90. The number of phenols is 1. The van der Waals surface area contributed by atoms with Crippen molar-refractivity contribution in [2.45, 2.75) is 32.2 Å². The largest absolute Gasteiger partial charge is 0.507 e. The first-order valence-electron chi connectivity index (χ1n) is 7.40. The van der Waals surface area contributed by atoms with E-state index < -0.39 is 0 Å². The van der Waals surface area contributed by atoms with Crippen molar-refractivity contribution in [3.63, 3.8) is 0 Å². The molecule has 1 aliphatic carbocycles. The molecule has 1 heterocycles. The molecular weight excluding hydrogens is 288 g/mol. The van der Waals surface area contributed by atoms with E-state index in [2.05, 4.69) is 0 Å². The Labute approximate surface area is 131 Å². The standard InChI is InChI=1S/C16H22N2O2.ClH/c1-10-5-6-15(19)12(7-10)16(20)18-8-11-3-2-4-14(17)13(11)9-18;/h5-7,11,13-14,19H,2-4,8-9,17H2,1H3;1H. The number of halogens is 1. The maximum Gasteiger partial charge on any atom is 0.257 e. The summed E-state index contributed by atoms with van der Waals surface area (Å²) in [6, 6.07) is 5.39. The van der Waals surface area contributed by atoms with Gasteiger partial charge in [0.05, 0.1) is 5.56 Å². The molecule has 2 aliphatic rings. The number of amides is 1. The summed E-state index contributed by atoms with van der Waals surface area (Å²) in [5.74, 6) is 0.974. The van der Waals surface area contributed by atoms with E-state index in [9.17, 15) is 9.90 Å². The molecule has 1 aromatic carbocycles. The van der Waals surface area contributed by atoms with Crippen molar-refractivity contribution in [3.8, 4) is 5.75 Å². The number of carbonyl (C=O) groups excluding carboxylic acids is 1. The van der Waals surface area contributed by atoms with E-state index in [1.54, 1.807) is 12.1 Å². The first-order chi connectivity index (χ1) is 9.56. The summed E-state index contributed by atoms with van der Waals surface area (Å²) in [7, 11) is 0. The monoisotopic (exact) mass is 310 g/mol.